The number of carbonyl (C=O) groups excluding carboxylic acids is 1. The lowest BCUT2D eigenvalue weighted by atomic mass is 10.2. The van der Waals surface area contributed by atoms with Crippen molar-refractivity contribution in [3.8, 4) is 0 Å². The van der Waals surface area contributed by atoms with Gasteiger partial charge in [-0.15, -0.1) is 0 Å². The van der Waals surface area contributed by atoms with Crippen molar-refractivity contribution in [3.63, 3.8) is 0 Å². The van der Waals surface area contributed by atoms with E-state index in [1.165, 1.54) is 0 Å². The third kappa shape index (κ3) is 3.81. The highest BCUT2D eigenvalue weighted by Crippen LogP contribution is 2.09. The van der Waals surface area contributed by atoms with Gasteiger partial charge in [-0.3, -0.25) is 9.48 Å². The molecule has 2 rings (SSSR count). The maximum atomic E-state index is 12.0. The van der Waals surface area contributed by atoms with E-state index in [1.54, 1.807) is 30.2 Å². The van der Waals surface area contributed by atoms with Gasteiger partial charge in [-0.05, 0) is 30.7 Å². The zero-order chi connectivity index (χ0) is 14.4. The fourth-order valence-electron chi connectivity index (χ4n) is 1.74. The number of amides is 1. The molecular formula is C14H19N5O. The zero-order valence-corrected chi connectivity index (χ0v) is 11.8. The quantitative estimate of drug-likeness (QED) is 0.838. The molecule has 0 bridgehead atoms. The SMILES string of the molecule is CCCNc1ccc(C(=O)NCc2ncn(C)n2)cc1. The molecule has 1 aromatic heterocycles. The van der Waals surface area contributed by atoms with Crippen LogP contribution in [-0.4, -0.2) is 27.2 Å². The molecule has 0 unspecified atom stereocenters. The van der Waals surface area contributed by atoms with Crippen LogP contribution in [0.15, 0.2) is 30.6 Å². The summed E-state index contributed by atoms with van der Waals surface area (Å²) in [5.41, 5.74) is 1.65. The second kappa shape index (κ2) is 6.70. The Bertz CT molecular complexity index is 561. The average Bonchev–Trinajstić information content (AvgIpc) is 2.89. The molecule has 1 amide bonds. The highest BCUT2D eigenvalue weighted by Gasteiger charge is 2.06. The smallest absolute Gasteiger partial charge is 0.251 e. The van der Waals surface area contributed by atoms with E-state index in [-0.39, 0.29) is 5.91 Å². The third-order valence-electron chi connectivity index (χ3n) is 2.78. The Hall–Kier alpha value is -2.37. The second-order valence-corrected chi connectivity index (χ2v) is 4.52. The molecule has 106 valence electrons. The lowest BCUT2D eigenvalue weighted by Gasteiger charge is -2.06. The number of nitrogens with zero attached hydrogens (tertiary/aromatic N) is 3. The monoisotopic (exact) mass is 273 g/mol. The first-order chi connectivity index (χ1) is 9.69. The van der Waals surface area contributed by atoms with Crippen molar-refractivity contribution in [3.05, 3.63) is 42.0 Å². The van der Waals surface area contributed by atoms with E-state index >= 15 is 0 Å². The van der Waals surface area contributed by atoms with E-state index in [0.717, 1.165) is 18.7 Å². The van der Waals surface area contributed by atoms with E-state index in [4.69, 9.17) is 0 Å². The minimum Gasteiger partial charge on any atom is -0.385 e. The molecule has 0 fully saturated rings. The van der Waals surface area contributed by atoms with Crippen molar-refractivity contribution in [2.45, 2.75) is 19.9 Å². The van der Waals surface area contributed by atoms with Crippen LogP contribution in [0, 0.1) is 0 Å². The molecule has 6 nitrogen and oxygen atoms in total. The van der Waals surface area contributed by atoms with Crippen LogP contribution in [0.2, 0.25) is 0 Å². The molecule has 0 aliphatic rings. The summed E-state index contributed by atoms with van der Waals surface area (Å²) in [7, 11) is 1.79. The van der Waals surface area contributed by atoms with Crippen LogP contribution >= 0.6 is 0 Å². The average molecular weight is 273 g/mol. The molecule has 2 aromatic rings. The van der Waals surface area contributed by atoms with Gasteiger partial charge >= 0.3 is 0 Å². The lowest BCUT2D eigenvalue weighted by Crippen LogP contribution is -2.23. The van der Waals surface area contributed by atoms with Crippen LogP contribution in [0.3, 0.4) is 0 Å². The summed E-state index contributed by atoms with van der Waals surface area (Å²) in [5, 5.41) is 10.2. The maximum absolute atomic E-state index is 12.0. The standard InChI is InChI=1S/C14H19N5O/c1-3-8-15-12-6-4-11(5-7-12)14(20)16-9-13-17-10-19(2)18-13/h4-7,10,15H,3,8-9H2,1-2H3,(H,16,20). The Morgan fingerprint density at radius 2 is 2.05 bits per heavy atom. The predicted molar refractivity (Wildman–Crippen MR) is 77.4 cm³/mol. The molecule has 0 radical (unpaired) electrons. The van der Waals surface area contributed by atoms with E-state index < -0.39 is 0 Å². The van der Waals surface area contributed by atoms with Crippen molar-refractivity contribution in [2.24, 2.45) is 7.05 Å². The first kappa shape index (κ1) is 14.0. The predicted octanol–water partition coefficient (Wildman–Crippen LogP) is 1.57. The Kier molecular flexibility index (Phi) is 4.70. The van der Waals surface area contributed by atoms with Gasteiger partial charge in [0.2, 0.25) is 0 Å². The summed E-state index contributed by atoms with van der Waals surface area (Å²) in [6.45, 7) is 3.37. The summed E-state index contributed by atoms with van der Waals surface area (Å²) < 4.78 is 1.61. The minimum atomic E-state index is -0.125. The first-order valence-electron chi connectivity index (χ1n) is 6.65. The largest absolute Gasteiger partial charge is 0.385 e. The van der Waals surface area contributed by atoms with Crippen molar-refractivity contribution in [1.29, 1.82) is 0 Å². The fourth-order valence-corrected chi connectivity index (χ4v) is 1.74. The highest BCUT2D eigenvalue weighted by molar-refractivity contribution is 5.94. The molecule has 0 saturated carbocycles. The van der Waals surface area contributed by atoms with Crippen molar-refractivity contribution >= 4 is 11.6 Å². The van der Waals surface area contributed by atoms with E-state index in [0.29, 0.717) is 17.9 Å². The minimum absolute atomic E-state index is 0.125. The third-order valence-corrected chi connectivity index (χ3v) is 2.78. The van der Waals surface area contributed by atoms with Crippen molar-refractivity contribution in [1.82, 2.24) is 20.1 Å². The van der Waals surface area contributed by atoms with E-state index in [1.807, 2.05) is 12.1 Å². The van der Waals surface area contributed by atoms with Gasteiger partial charge in [-0.2, -0.15) is 5.10 Å². The van der Waals surface area contributed by atoms with Crippen molar-refractivity contribution < 1.29 is 4.79 Å². The van der Waals surface area contributed by atoms with Crippen LogP contribution in [0.5, 0.6) is 0 Å². The number of hydrogen-bond acceptors (Lipinski definition) is 4. The summed E-state index contributed by atoms with van der Waals surface area (Å²) in [6, 6.07) is 7.42. The van der Waals surface area contributed by atoms with Gasteiger partial charge in [0.1, 0.15) is 6.33 Å². The molecule has 2 N–H and O–H groups in total. The maximum Gasteiger partial charge on any atom is 0.251 e. The number of aromatic nitrogens is 3. The van der Waals surface area contributed by atoms with Crippen molar-refractivity contribution in [2.75, 3.05) is 11.9 Å². The lowest BCUT2D eigenvalue weighted by molar-refractivity contribution is 0.0950. The summed E-state index contributed by atoms with van der Waals surface area (Å²) in [6.07, 6.45) is 2.68. The van der Waals surface area contributed by atoms with Gasteiger partial charge in [0.05, 0.1) is 6.54 Å². The molecule has 0 atom stereocenters. The summed E-state index contributed by atoms with van der Waals surface area (Å²) in [4.78, 5) is 16.0. The topological polar surface area (TPSA) is 71.8 Å². The number of rotatable bonds is 6. The Labute approximate surface area is 118 Å². The summed E-state index contributed by atoms with van der Waals surface area (Å²) in [5.74, 6) is 0.474. The number of aryl methyl sites for hydroxylation is 1. The van der Waals surface area contributed by atoms with E-state index in [9.17, 15) is 4.79 Å². The van der Waals surface area contributed by atoms with E-state index in [2.05, 4.69) is 27.6 Å². The Morgan fingerprint density at radius 1 is 1.30 bits per heavy atom. The molecule has 6 heteroatoms. The normalized spacial score (nSPS) is 10.3. The van der Waals surface area contributed by atoms with Crippen LogP contribution in [-0.2, 0) is 13.6 Å². The fraction of sp³-hybridized carbons (Fsp3) is 0.357. The molecule has 0 aliphatic carbocycles. The second-order valence-electron chi connectivity index (χ2n) is 4.52. The number of hydrogen-bond donors (Lipinski definition) is 2. The highest BCUT2D eigenvalue weighted by atomic mass is 16.1. The van der Waals surface area contributed by atoms with Gasteiger partial charge in [-0.1, -0.05) is 6.92 Å². The van der Waals surface area contributed by atoms with Crippen LogP contribution in [0.25, 0.3) is 0 Å². The zero-order valence-electron chi connectivity index (χ0n) is 11.8. The van der Waals surface area contributed by atoms with Gasteiger partial charge < -0.3 is 10.6 Å². The Morgan fingerprint density at radius 3 is 2.65 bits per heavy atom. The molecule has 20 heavy (non-hydrogen) atoms. The van der Waals surface area contributed by atoms with Gasteiger partial charge in [0.25, 0.3) is 5.91 Å². The first-order valence-corrected chi connectivity index (χ1v) is 6.65. The molecule has 0 spiro atoms. The van der Waals surface area contributed by atoms with Gasteiger partial charge in [-0.25, -0.2) is 4.98 Å². The van der Waals surface area contributed by atoms with Gasteiger partial charge in [0.15, 0.2) is 5.82 Å². The van der Waals surface area contributed by atoms with Crippen LogP contribution < -0.4 is 10.6 Å². The molecule has 1 aromatic carbocycles. The van der Waals surface area contributed by atoms with Crippen LogP contribution in [0.4, 0.5) is 5.69 Å². The molecular weight excluding hydrogens is 254 g/mol. The molecule has 0 aliphatic heterocycles. The number of carbonyl (C=O) groups is 1. The summed E-state index contributed by atoms with van der Waals surface area (Å²) >= 11 is 0. The number of anilines is 1. The Balaban J connectivity index is 1.88. The number of benzene rings is 1. The van der Waals surface area contributed by atoms with Gasteiger partial charge in [0, 0.05) is 24.8 Å². The molecule has 0 saturated heterocycles. The number of nitrogens with one attached hydrogen (secondary N) is 2. The molecule has 1 heterocycles. The van der Waals surface area contributed by atoms with Crippen LogP contribution in [0.1, 0.15) is 29.5 Å².